The van der Waals surface area contributed by atoms with Crippen molar-refractivity contribution in [1.29, 1.82) is 0 Å². The van der Waals surface area contributed by atoms with Crippen molar-refractivity contribution in [2.45, 2.75) is 24.5 Å². The van der Waals surface area contributed by atoms with E-state index >= 15 is 0 Å². The number of carbonyl (C=O) groups is 2. The summed E-state index contributed by atoms with van der Waals surface area (Å²) in [5.41, 5.74) is 1.45. The van der Waals surface area contributed by atoms with E-state index in [0.717, 1.165) is 5.56 Å². The normalized spacial score (nSPS) is 12.1. The van der Waals surface area contributed by atoms with Crippen LogP contribution in [0.2, 0.25) is 0 Å². The summed E-state index contributed by atoms with van der Waals surface area (Å²) in [6, 6.07) is 22.1. The van der Waals surface area contributed by atoms with Gasteiger partial charge in [-0.3, -0.25) is 4.79 Å². The number of likely N-dealkylation sites (N-methyl/N-ethyl adjacent to an activating group) is 1. The maximum Gasteiger partial charge on any atom is 0.338 e. The number of amides is 1. The van der Waals surface area contributed by atoms with Gasteiger partial charge in [0.1, 0.15) is 10.6 Å². The standard InChI is InChI=1S/C26H28N2O6S/c1-19(25(29)28(3)22-13-9-6-10-14-22)34-26(30)21-15-16-23(33-4)24(17-21)35(31,32)27(2)18-20-11-7-5-8-12-20/h5-17,19H,18H2,1-4H3. The predicted octanol–water partition coefficient (Wildman–Crippen LogP) is 3.72. The number of carbonyl (C=O) groups excluding carboxylic acids is 2. The summed E-state index contributed by atoms with van der Waals surface area (Å²) in [5.74, 6) is -1.15. The zero-order valence-corrected chi connectivity index (χ0v) is 20.9. The molecule has 0 aliphatic heterocycles. The van der Waals surface area contributed by atoms with Crippen molar-refractivity contribution >= 4 is 27.6 Å². The Morgan fingerprint density at radius 3 is 2.11 bits per heavy atom. The van der Waals surface area contributed by atoms with E-state index in [1.54, 1.807) is 31.3 Å². The molecule has 8 nitrogen and oxygen atoms in total. The van der Waals surface area contributed by atoms with Crippen LogP contribution in [-0.2, 0) is 26.1 Å². The molecule has 1 unspecified atom stereocenters. The van der Waals surface area contributed by atoms with E-state index in [0.29, 0.717) is 5.69 Å². The van der Waals surface area contributed by atoms with Crippen LogP contribution < -0.4 is 9.64 Å². The number of sulfonamides is 1. The molecule has 0 aromatic heterocycles. The molecule has 0 aliphatic rings. The van der Waals surface area contributed by atoms with Crippen molar-refractivity contribution in [3.8, 4) is 5.75 Å². The first-order valence-corrected chi connectivity index (χ1v) is 12.3. The molecule has 3 aromatic rings. The maximum absolute atomic E-state index is 13.3. The zero-order chi connectivity index (χ0) is 25.6. The monoisotopic (exact) mass is 496 g/mol. The Balaban J connectivity index is 1.80. The van der Waals surface area contributed by atoms with Crippen LogP contribution in [0.15, 0.2) is 83.8 Å². The van der Waals surface area contributed by atoms with Crippen LogP contribution in [0.4, 0.5) is 5.69 Å². The Morgan fingerprint density at radius 1 is 0.914 bits per heavy atom. The maximum atomic E-state index is 13.3. The van der Waals surface area contributed by atoms with Crippen LogP contribution in [0.1, 0.15) is 22.8 Å². The first-order valence-electron chi connectivity index (χ1n) is 10.9. The van der Waals surface area contributed by atoms with Crippen molar-refractivity contribution < 1.29 is 27.5 Å². The number of anilines is 1. The van der Waals surface area contributed by atoms with Gasteiger partial charge in [0, 0.05) is 26.3 Å². The van der Waals surface area contributed by atoms with Crippen molar-refractivity contribution in [3.05, 3.63) is 90.0 Å². The molecule has 0 radical (unpaired) electrons. The van der Waals surface area contributed by atoms with Gasteiger partial charge in [-0.15, -0.1) is 0 Å². The molecule has 0 spiro atoms. The Morgan fingerprint density at radius 2 is 1.51 bits per heavy atom. The first kappa shape index (κ1) is 25.9. The first-order chi connectivity index (χ1) is 16.6. The fourth-order valence-electron chi connectivity index (χ4n) is 3.43. The second-order valence-electron chi connectivity index (χ2n) is 7.89. The van der Waals surface area contributed by atoms with Gasteiger partial charge in [0.05, 0.1) is 12.7 Å². The van der Waals surface area contributed by atoms with Crippen LogP contribution in [0, 0.1) is 0 Å². The van der Waals surface area contributed by atoms with Crippen molar-refractivity contribution in [2.75, 3.05) is 26.1 Å². The molecule has 184 valence electrons. The van der Waals surface area contributed by atoms with E-state index in [1.807, 2.05) is 36.4 Å². The number of methoxy groups -OCH3 is 1. The van der Waals surface area contributed by atoms with Crippen LogP contribution in [0.25, 0.3) is 0 Å². The summed E-state index contributed by atoms with van der Waals surface area (Å²) in [6.45, 7) is 1.60. The summed E-state index contributed by atoms with van der Waals surface area (Å²) in [5, 5.41) is 0. The summed E-state index contributed by atoms with van der Waals surface area (Å²) in [6.07, 6.45) is -1.09. The number of para-hydroxylation sites is 1. The molecule has 0 bridgehead atoms. The van der Waals surface area contributed by atoms with Gasteiger partial charge in [0.15, 0.2) is 6.10 Å². The van der Waals surface area contributed by atoms with Gasteiger partial charge in [0.2, 0.25) is 10.0 Å². The quantitative estimate of drug-likeness (QED) is 0.419. The molecule has 3 rings (SSSR count). The average molecular weight is 497 g/mol. The van der Waals surface area contributed by atoms with Gasteiger partial charge in [-0.25, -0.2) is 13.2 Å². The molecular weight excluding hydrogens is 468 g/mol. The lowest BCUT2D eigenvalue weighted by Gasteiger charge is -2.22. The number of hydrogen-bond donors (Lipinski definition) is 0. The predicted molar refractivity (Wildman–Crippen MR) is 133 cm³/mol. The molecule has 0 fully saturated rings. The summed E-state index contributed by atoms with van der Waals surface area (Å²) >= 11 is 0. The van der Waals surface area contributed by atoms with Crippen molar-refractivity contribution in [2.24, 2.45) is 0 Å². The third kappa shape index (κ3) is 6.06. The van der Waals surface area contributed by atoms with Gasteiger partial charge < -0.3 is 14.4 Å². The summed E-state index contributed by atoms with van der Waals surface area (Å²) in [7, 11) is 0.383. The third-order valence-electron chi connectivity index (χ3n) is 5.44. The molecular formula is C26H28N2O6S. The van der Waals surface area contributed by atoms with E-state index in [9.17, 15) is 18.0 Å². The second kappa shape index (κ2) is 11.2. The van der Waals surface area contributed by atoms with Crippen molar-refractivity contribution in [1.82, 2.24) is 4.31 Å². The SMILES string of the molecule is COc1ccc(C(=O)OC(C)C(=O)N(C)c2ccccc2)cc1S(=O)(=O)N(C)Cc1ccccc1. The summed E-state index contributed by atoms with van der Waals surface area (Å²) in [4.78, 5) is 26.8. The highest BCUT2D eigenvalue weighted by molar-refractivity contribution is 7.89. The van der Waals surface area contributed by atoms with Gasteiger partial charge >= 0.3 is 5.97 Å². The highest BCUT2D eigenvalue weighted by Gasteiger charge is 2.28. The molecule has 9 heteroatoms. The fraction of sp³-hybridized carbons (Fsp3) is 0.231. The zero-order valence-electron chi connectivity index (χ0n) is 20.0. The second-order valence-corrected chi connectivity index (χ2v) is 9.91. The smallest absolute Gasteiger partial charge is 0.338 e. The molecule has 0 N–H and O–H groups in total. The van der Waals surface area contributed by atoms with Crippen LogP contribution >= 0.6 is 0 Å². The highest BCUT2D eigenvalue weighted by atomic mass is 32.2. The topological polar surface area (TPSA) is 93.2 Å². The van der Waals surface area contributed by atoms with Crippen LogP contribution in [0.5, 0.6) is 5.75 Å². The minimum absolute atomic E-state index is 0.0144. The van der Waals surface area contributed by atoms with Gasteiger partial charge in [-0.1, -0.05) is 48.5 Å². The molecule has 0 saturated carbocycles. The number of hydrogen-bond acceptors (Lipinski definition) is 6. The molecule has 3 aromatic carbocycles. The average Bonchev–Trinajstić information content (AvgIpc) is 2.88. The number of ether oxygens (including phenoxy) is 2. The Kier molecular flexibility index (Phi) is 8.26. The van der Waals surface area contributed by atoms with Crippen molar-refractivity contribution in [3.63, 3.8) is 0 Å². The van der Waals surface area contributed by atoms with E-state index in [4.69, 9.17) is 9.47 Å². The number of benzene rings is 3. The lowest BCUT2D eigenvalue weighted by Crippen LogP contribution is -2.37. The number of nitrogens with zero attached hydrogens (tertiary/aromatic N) is 2. The molecule has 1 atom stereocenters. The lowest BCUT2D eigenvalue weighted by atomic mass is 10.2. The van der Waals surface area contributed by atoms with Crippen LogP contribution in [-0.4, -0.2) is 51.9 Å². The van der Waals surface area contributed by atoms with E-state index in [1.165, 1.54) is 48.5 Å². The Bertz CT molecular complexity index is 1280. The molecule has 35 heavy (non-hydrogen) atoms. The lowest BCUT2D eigenvalue weighted by molar-refractivity contribution is -0.126. The van der Waals surface area contributed by atoms with E-state index < -0.39 is 28.0 Å². The largest absolute Gasteiger partial charge is 0.495 e. The molecule has 1 amide bonds. The Labute approximate surface area is 205 Å². The minimum atomic E-state index is -4.00. The van der Waals surface area contributed by atoms with Gasteiger partial charge in [-0.2, -0.15) is 4.31 Å². The molecule has 0 aliphatic carbocycles. The molecule has 0 heterocycles. The van der Waals surface area contributed by atoms with E-state index in [2.05, 4.69) is 0 Å². The minimum Gasteiger partial charge on any atom is -0.495 e. The number of esters is 1. The van der Waals surface area contributed by atoms with E-state index in [-0.39, 0.29) is 22.8 Å². The van der Waals surface area contributed by atoms with Gasteiger partial charge in [-0.05, 0) is 42.8 Å². The summed E-state index contributed by atoms with van der Waals surface area (Å²) < 4.78 is 38.4. The third-order valence-corrected chi connectivity index (χ3v) is 7.27. The fourth-order valence-corrected chi connectivity index (χ4v) is 4.77. The Hall–Kier alpha value is -3.69. The highest BCUT2D eigenvalue weighted by Crippen LogP contribution is 2.28. The molecule has 0 saturated heterocycles. The van der Waals surface area contributed by atoms with Crippen LogP contribution in [0.3, 0.4) is 0 Å². The number of rotatable bonds is 9. The van der Waals surface area contributed by atoms with Gasteiger partial charge in [0.25, 0.3) is 5.91 Å².